The first-order chi connectivity index (χ1) is 16.6. The van der Waals surface area contributed by atoms with Crippen LogP contribution in [-0.4, -0.2) is 31.9 Å². The molecular weight excluding hydrogens is 496 g/mol. The molecule has 0 fully saturated rings. The Hall–Kier alpha value is -3.58. The van der Waals surface area contributed by atoms with Crippen LogP contribution in [0.4, 0.5) is 0 Å². The van der Waals surface area contributed by atoms with Crippen LogP contribution in [0.15, 0.2) is 89.0 Å². The van der Waals surface area contributed by atoms with Crippen molar-refractivity contribution in [3.63, 3.8) is 0 Å². The van der Waals surface area contributed by atoms with Crippen molar-refractivity contribution in [1.82, 2.24) is 5.43 Å². The standard InChI is InChI=1S/C27H27BrN2O4/c1-3-10-21-11-8-9-14-24(21)33-15-16-34-26-23(28)17-20(18-25(26)32-4-2)19-29-30-27(31)22-12-6-5-7-13-22/h3,5-9,11-14,17-19H,1,4,10,15-16H2,2H3,(H,30,31)/b29-19-. The minimum absolute atomic E-state index is 0.282. The second-order valence-corrected chi connectivity index (χ2v) is 7.98. The lowest BCUT2D eigenvalue weighted by Crippen LogP contribution is -2.17. The van der Waals surface area contributed by atoms with E-state index in [0.717, 1.165) is 23.3 Å². The lowest BCUT2D eigenvalue weighted by Gasteiger charge is -2.15. The molecule has 3 rings (SSSR count). The summed E-state index contributed by atoms with van der Waals surface area (Å²) in [6.07, 6.45) is 4.14. The Morgan fingerprint density at radius 1 is 1.00 bits per heavy atom. The summed E-state index contributed by atoms with van der Waals surface area (Å²) in [6.45, 7) is 6.87. The number of carbonyl (C=O) groups excluding carboxylic acids is 1. The summed E-state index contributed by atoms with van der Waals surface area (Å²) in [5.74, 6) is 1.69. The van der Waals surface area contributed by atoms with Gasteiger partial charge in [0.2, 0.25) is 0 Å². The molecule has 1 N–H and O–H groups in total. The molecule has 0 radical (unpaired) electrons. The van der Waals surface area contributed by atoms with Gasteiger partial charge in [-0.3, -0.25) is 4.79 Å². The van der Waals surface area contributed by atoms with Crippen LogP contribution in [0.3, 0.4) is 0 Å². The molecule has 0 aliphatic heterocycles. The predicted molar refractivity (Wildman–Crippen MR) is 138 cm³/mol. The molecule has 0 unspecified atom stereocenters. The molecular formula is C27H27BrN2O4. The average Bonchev–Trinajstić information content (AvgIpc) is 2.85. The minimum atomic E-state index is -0.282. The number of hydrogen-bond acceptors (Lipinski definition) is 5. The molecule has 0 bridgehead atoms. The largest absolute Gasteiger partial charge is 0.490 e. The third kappa shape index (κ3) is 7.22. The van der Waals surface area contributed by atoms with Crippen molar-refractivity contribution in [1.29, 1.82) is 0 Å². The summed E-state index contributed by atoms with van der Waals surface area (Å²) in [7, 11) is 0. The number of ether oxygens (including phenoxy) is 3. The monoisotopic (exact) mass is 522 g/mol. The molecule has 0 saturated heterocycles. The SMILES string of the molecule is C=CCc1ccccc1OCCOc1c(Br)cc(/C=N\NC(=O)c2ccccc2)cc1OCC. The van der Waals surface area contributed by atoms with Gasteiger partial charge in [0.1, 0.15) is 19.0 Å². The van der Waals surface area contributed by atoms with Gasteiger partial charge in [0.05, 0.1) is 17.3 Å². The Bertz CT molecular complexity index is 1130. The molecule has 7 heteroatoms. The maximum atomic E-state index is 12.1. The highest BCUT2D eigenvalue weighted by Crippen LogP contribution is 2.36. The summed E-state index contributed by atoms with van der Waals surface area (Å²) in [5.41, 5.74) is 4.88. The Morgan fingerprint density at radius 3 is 2.50 bits per heavy atom. The maximum absolute atomic E-state index is 12.1. The van der Waals surface area contributed by atoms with E-state index in [1.807, 2.05) is 55.5 Å². The summed E-state index contributed by atoms with van der Waals surface area (Å²) in [5, 5.41) is 4.05. The fourth-order valence-corrected chi connectivity index (χ4v) is 3.72. The van der Waals surface area contributed by atoms with Crippen LogP contribution in [0.2, 0.25) is 0 Å². The molecule has 34 heavy (non-hydrogen) atoms. The molecule has 0 heterocycles. The predicted octanol–water partition coefficient (Wildman–Crippen LogP) is 5.80. The number of carbonyl (C=O) groups is 1. The van der Waals surface area contributed by atoms with Gasteiger partial charge >= 0.3 is 0 Å². The minimum Gasteiger partial charge on any atom is -0.490 e. The number of amides is 1. The van der Waals surface area contributed by atoms with Crippen molar-refractivity contribution >= 4 is 28.1 Å². The van der Waals surface area contributed by atoms with Crippen LogP contribution < -0.4 is 19.6 Å². The fourth-order valence-electron chi connectivity index (χ4n) is 3.15. The zero-order chi connectivity index (χ0) is 24.2. The third-order valence-corrected chi connectivity index (χ3v) is 5.26. The van der Waals surface area contributed by atoms with E-state index in [1.165, 1.54) is 0 Å². The van der Waals surface area contributed by atoms with Crippen LogP contribution in [0, 0.1) is 0 Å². The molecule has 0 aliphatic rings. The van der Waals surface area contributed by atoms with Gasteiger partial charge in [-0.05, 0) is 70.7 Å². The molecule has 0 aliphatic carbocycles. The Labute approximate surface area is 208 Å². The summed E-state index contributed by atoms with van der Waals surface area (Å²) < 4.78 is 18.3. The van der Waals surface area contributed by atoms with E-state index in [0.29, 0.717) is 41.4 Å². The van der Waals surface area contributed by atoms with Gasteiger partial charge in [-0.2, -0.15) is 5.10 Å². The van der Waals surface area contributed by atoms with Gasteiger partial charge in [-0.1, -0.05) is 42.5 Å². The molecule has 6 nitrogen and oxygen atoms in total. The van der Waals surface area contributed by atoms with Crippen molar-refractivity contribution < 1.29 is 19.0 Å². The zero-order valence-corrected chi connectivity index (χ0v) is 20.6. The number of benzene rings is 3. The number of nitrogens with zero attached hydrogens (tertiary/aromatic N) is 1. The van der Waals surface area contributed by atoms with E-state index in [9.17, 15) is 4.79 Å². The first-order valence-electron chi connectivity index (χ1n) is 10.9. The van der Waals surface area contributed by atoms with E-state index in [2.05, 4.69) is 33.0 Å². The molecule has 176 valence electrons. The summed E-state index contributed by atoms with van der Waals surface area (Å²) >= 11 is 3.55. The van der Waals surface area contributed by atoms with Crippen molar-refractivity contribution in [2.24, 2.45) is 5.10 Å². The zero-order valence-electron chi connectivity index (χ0n) is 19.0. The van der Waals surface area contributed by atoms with Crippen LogP contribution in [0.25, 0.3) is 0 Å². The van der Waals surface area contributed by atoms with Gasteiger partial charge in [0.15, 0.2) is 11.5 Å². The number of nitrogens with one attached hydrogen (secondary N) is 1. The normalized spacial score (nSPS) is 10.6. The maximum Gasteiger partial charge on any atom is 0.271 e. The smallest absolute Gasteiger partial charge is 0.271 e. The first kappa shape index (κ1) is 25.1. The molecule has 3 aromatic carbocycles. The van der Waals surface area contributed by atoms with Gasteiger partial charge in [0.25, 0.3) is 5.91 Å². The Morgan fingerprint density at radius 2 is 1.74 bits per heavy atom. The lowest BCUT2D eigenvalue weighted by molar-refractivity contribution is 0.0955. The highest BCUT2D eigenvalue weighted by Gasteiger charge is 2.12. The quantitative estimate of drug-likeness (QED) is 0.141. The van der Waals surface area contributed by atoms with Gasteiger partial charge in [0, 0.05) is 5.56 Å². The number of hydrazone groups is 1. The first-order valence-corrected chi connectivity index (χ1v) is 11.7. The van der Waals surface area contributed by atoms with Crippen LogP contribution in [-0.2, 0) is 6.42 Å². The lowest BCUT2D eigenvalue weighted by atomic mass is 10.1. The van der Waals surface area contributed by atoms with Gasteiger partial charge in [-0.15, -0.1) is 6.58 Å². The van der Waals surface area contributed by atoms with Crippen LogP contribution in [0.5, 0.6) is 17.2 Å². The summed E-state index contributed by atoms with van der Waals surface area (Å²) in [4.78, 5) is 12.1. The number of para-hydroxylation sites is 1. The molecule has 0 spiro atoms. The van der Waals surface area contributed by atoms with Crippen LogP contribution in [0.1, 0.15) is 28.4 Å². The Balaban J connectivity index is 1.62. The molecule has 0 aromatic heterocycles. The van der Waals surface area contributed by atoms with Gasteiger partial charge in [-0.25, -0.2) is 5.43 Å². The number of rotatable bonds is 12. The van der Waals surface area contributed by atoms with E-state index < -0.39 is 0 Å². The van der Waals surface area contributed by atoms with E-state index >= 15 is 0 Å². The second kappa shape index (κ2) is 13.2. The van der Waals surface area contributed by atoms with E-state index in [4.69, 9.17) is 14.2 Å². The Kier molecular flexibility index (Phi) is 9.73. The number of hydrogen-bond donors (Lipinski definition) is 1. The second-order valence-electron chi connectivity index (χ2n) is 7.13. The summed E-state index contributed by atoms with van der Waals surface area (Å²) in [6, 6.07) is 20.4. The topological polar surface area (TPSA) is 69.2 Å². The van der Waals surface area contributed by atoms with Gasteiger partial charge < -0.3 is 14.2 Å². The van der Waals surface area contributed by atoms with Crippen molar-refractivity contribution in [2.75, 3.05) is 19.8 Å². The number of halogens is 1. The van der Waals surface area contributed by atoms with Crippen LogP contribution >= 0.6 is 15.9 Å². The molecule has 0 atom stereocenters. The molecule has 3 aromatic rings. The highest BCUT2D eigenvalue weighted by molar-refractivity contribution is 9.10. The molecule has 1 amide bonds. The van der Waals surface area contributed by atoms with Crippen molar-refractivity contribution in [3.05, 3.63) is 101 Å². The number of allylic oxidation sites excluding steroid dienone is 1. The van der Waals surface area contributed by atoms with Crippen molar-refractivity contribution in [2.45, 2.75) is 13.3 Å². The fraction of sp³-hybridized carbons (Fsp3) is 0.185. The molecule has 0 saturated carbocycles. The van der Waals surface area contributed by atoms with E-state index in [1.54, 1.807) is 30.5 Å². The van der Waals surface area contributed by atoms with Crippen molar-refractivity contribution in [3.8, 4) is 17.2 Å². The van der Waals surface area contributed by atoms with E-state index in [-0.39, 0.29) is 5.91 Å². The third-order valence-electron chi connectivity index (χ3n) is 4.67. The highest BCUT2D eigenvalue weighted by atomic mass is 79.9. The average molecular weight is 523 g/mol.